The first-order valence-electron chi connectivity index (χ1n) is 10.6. The van der Waals surface area contributed by atoms with E-state index in [1.165, 1.54) is 26.8 Å². The number of carbonyl (C=O) groups is 2. The SMILES string of the molecule is COc1cc(C(=O)N2CC[C@@H](NC(=O)c3ncoc3C)[C@@H](c3ccccc3)C2)cnc1OC. The summed E-state index contributed by atoms with van der Waals surface area (Å²) in [6.45, 7) is 2.63. The van der Waals surface area contributed by atoms with Crippen LogP contribution < -0.4 is 14.8 Å². The van der Waals surface area contributed by atoms with Crippen molar-refractivity contribution in [2.24, 2.45) is 0 Å². The van der Waals surface area contributed by atoms with Crippen molar-refractivity contribution < 1.29 is 23.5 Å². The van der Waals surface area contributed by atoms with Crippen LogP contribution in [0.5, 0.6) is 11.6 Å². The maximum atomic E-state index is 13.3. The molecule has 1 aliphatic rings. The van der Waals surface area contributed by atoms with Crippen LogP contribution in [0.1, 0.15) is 44.5 Å². The number of aromatic nitrogens is 2. The molecule has 172 valence electrons. The first-order valence-corrected chi connectivity index (χ1v) is 10.6. The van der Waals surface area contributed by atoms with Gasteiger partial charge in [0, 0.05) is 37.3 Å². The second-order valence-electron chi connectivity index (χ2n) is 7.83. The Morgan fingerprint density at radius 1 is 1.15 bits per heavy atom. The zero-order valence-corrected chi connectivity index (χ0v) is 18.8. The van der Waals surface area contributed by atoms with Crippen LogP contribution in [0.15, 0.2) is 53.4 Å². The van der Waals surface area contributed by atoms with E-state index in [1.54, 1.807) is 17.9 Å². The van der Waals surface area contributed by atoms with Gasteiger partial charge in [-0.05, 0) is 18.9 Å². The lowest BCUT2D eigenvalue weighted by Crippen LogP contribution is -2.51. The molecule has 1 N–H and O–H groups in total. The largest absolute Gasteiger partial charge is 0.491 e. The molecule has 2 amide bonds. The summed E-state index contributed by atoms with van der Waals surface area (Å²) in [4.78, 5) is 36.1. The van der Waals surface area contributed by atoms with Crippen molar-refractivity contribution in [2.45, 2.75) is 25.3 Å². The minimum absolute atomic E-state index is 0.0897. The zero-order valence-electron chi connectivity index (χ0n) is 18.8. The lowest BCUT2D eigenvalue weighted by Gasteiger charge is -2.39. The number of piperidine rings is 1. The second kappa shape index (κ2) is 9.72. The Morgan fingerprint density at radius 3 is 2.61 bits per heavy atom. The van der Waals surface area contributed by atoms with Crippen LogP contribution in [0.4, 0.5) is 0 Å². The zero-order chi connectivity index (χ0) is 23.4. The number of hydrogen-bond acceptors (Lipinski definition) is 7. The molecule has 2 aromatic heterocycles. The van der Waals surface area contributed by atoms with Gasteiger partial charge in [0.1, 0.15) is 5.76 Å². The van der Waals surface area contributed by atoms with Gasteiger partial charge >= 0.3 is 0 Å². The van der Waals surface area contributed by atoms with Crippen molar-refractivity contribution in [2.75, 3.05) is 27.3 Å². The Morgan fingerprint density at radius 2 is 1.94 bits per heavy atom. The summed E-state index contributed by atoms with van der Waals surface area (Å²) in [5.74, 6) is 0.664. The smallest absolute Gasteiger partial charge is 0.273 e. The Labute approximate surface area is 191 Å². The lowest BCUT2D eigenvalue weighted by molar-refractivity contribution is 0.0670. The third-order valence-electron chi connectivity index (χ3n) is 5.88. The van der Waals surface area contributed by atoms with Gasteiger partial charge in [0.15, 0.2) is 17.8 Å². The van der Waals surface area contributed by atoms with Gasteiger partial charge in [-0.25, -0.2) is 9.97 Å². The molecule has 9 heteroatoms. The molecule has 0 unspecified atom stereocenters. The average molecular weight is 450 g/mol. The first kappa shape index (κ1) is 22.3. The molecule has 1 saturated heterocycles. The van der Waals surface area contributed by atoms with Crippen molar-refractivity contribution >= 4 is 11.8 Å². The number of nitrogens with zero attached hydrogens (tertiary/aromatic N) is 3. The van der Waals surface area contributed by atoms with Crippen molar-refractivity contribution in [3.63, 3.8) is 0 Å². The van der Waals surface area contributed by atoms with Crippen molar-refractivity contribution in [1.29, 1.82) is 0 Å². The quantitative estimate of drug-likeness (QED) is 0.615. The molecule has 0 aliphatic carbocycles. The lowest BCUT2D eigenvalue weighted by atomic mass is 9.85. The average Bonchev–Trinajstić information content (AvgIpc) is 3.29. The van der Waals surface area contributed by atoms with Crippen molar-refractivity contribution in [3.8, 4) is 11.6 Å². The number of likely N-dealkylation sites (tertiary alicyclic amines) is 1. The van der Waals surface area contributed by atoms with E-state index in [-0.39, 0.29) is 29.5 Å². The van der Waals surface area contributed by atoms with E-state index in [0.717, 1.165) is 5.56 Å². The monoisotopic (exact) mass is 450 g/mol. The third kappa shape index (κ3) is 4.67. The van der Waals surface area contributed by atoms with Gasteiger partial charge in [-0.15, -0.1) is 0 Å². The van der Waals surface area contributed by atoms with Crippen LogP contribution >= 0.6 is 0 Å². The molecule has 0 saturated carbocycles. The highest BCUT2D eigenvalue weighted by atomic mass is 16.5. The van der Waals surface area contributed by atoms with Gasteiger partial charge < -0.3 is 24.1 Å². The van der Waals surface area contributed by atoms with E-state index in [0.29, 0.717) is 42.5 Å². The van der Waals surface area contributed by atoms with Crippen LogP contribution in [0.25, 0.3) is 0 Å². The van der Waals surface area contributed by atoms with Gasteiger partial charge in [0.2, 0.25) is 0 Å². The number of oxazole rings is 1. The highest BCUT2D eigenvalue weighted by Crippen LogP contribution is 2.30. The number of carbonyl (C=O) groups excluding carboxylic acids is 2. The van der Waals surface area contributed by atoms with Gasteiger partial charge in [0.25, 0.3) is 17.7 Å². The summed E-state index contributed by atoms with van der Waals surface area (Å²) in [6.07, 6.45) is 3.34. The van der Waals surface area contributed by atoms with Gasteiger partial charge in [-0.1, -0.05) is 30.3 Å². The van der Waals surface area contributed by atoms with Crippen LogP contribution in [-0.2, 0) is 0 Å². The molecule has 4 rings (SSSR count). The summed E-state index contributed by atoms with van der Waals surface area (Å²) in [7, 11) is 3.00. The summed E-state index contributed by atoms with van der Waals surface area (Å²) in [5.41, 5.74) is 1.74. The number of hydrogen-bond donors (Lipinski definition) is 1. The molecule has 9 nitrogen and oxygen atoms in total. The highest BCUT2D eigenvalue weighted by Gasteiger charge is 2.34. The van der Waals surface area contributed by atoms with E-state index in [9.17, 15) is 9.59 Å². The summed E-state index contributed by atoms with van der Waals surface area (Å²) in [5, 5.41) is 3.09. The van der Waals surface area contributed by atoms with E-state index >= 15 is 0 Å². The Balaban J connectivity index is 1.56. The number of benzene rings is 1. The molecule has 33 heavy (non-hydrogen) atoms. The first-order chi connectivity index (χ1) is 16.0. The van der Waals surface area contributed by atoms with Gasteiger partial charge in [-0.2, -0.15) is 0 Å². The second-order valence-corrected chi connectivity index (χ2v) is 7.83. The highest BCUT2D eigenvalue weighted by molar-refractivity contribution is 5.95. The minimum Gasteiger partial charge on any atom is -0.491 e. The van der Waals surface area contributed by atoms with Crippen molar-refractivity contribution in [3.05, 3.63) is 71.6 Å². The molecule has 3 aromatic rings. The number of pyridine rings is 1. The summed E-state index contributed by atoms with van der Waals surface area (Å²) >= 11 is 0. The fourth-order valence-electron chi connectivity index (χ4n) is 4.14. The predicted octanol–water partition coefficient (Wildman–Crippen LogP) is 2.82. The molecule has 0 radical (unpaired) electrons. The fourth-order valence-corrected chi connectivity index (χ4v) is 4.14. The normalized spacial score (nSPS) is 18.0. The molecule has 0 bridgehead atoms. The van der Waals surface area contributed by atoms with Gasteiger partial charge in [0.05, 0.1) is 19.8 Å². The number of ether oxygens (including phenoxy) is 2. The molecule has 1 fully saturated rings. The molecule has 3 heterocycles. The Kier molecular flexibility index (Phi) is 6.58. The summed E-state index contributed by atoms with van der Waals surface area (Å²) < 4.78 is 15.6. The number of methoxy groups -OCH3 is 2. The maximum absolute atomic E-state index is 13.3. The number of amides is 2. The van der Waals surface area contributed by atoms with Crippen molar-refractivity contribution in [1.82, 2.24) is 20.2 Å². The fraction of sp³-hybridized carbons (Fsp3) is 0.333. The topological polar surface area (TPSA) is 107 Å². The number of nitrogens with one attached hydrogen (secondary N) is 1. The number of rotatable bonds is 6. The molecular formula is C24H26N4O5. The van der Waals surface area contributed by atoms with Crippen LogP contribution in [-0.4, -0.2) is 60.0 Å². The molecule has 0 spiro atoms. The summed E-state index contributed by atoms with van der Waals surface area (Å²) in [6, 6.07) is 11.3. The van der Waals surface area contributed by atoms with E-state index < -0.39 is 0 Å². The Hall–Kier alpha value is -3.88. The maximum Gasteiger partial charge on any atom is 0.273 e. The molecule has 2 atom stereocenters. The predicted molar refractivity (Wildman–Crippen MR) is 120 cm³/mol. The van der Waals surface area contributed by atoms with Crippen LogP contribution in [0, 0.1) is 6.92 Å². The standard InChI is InChI=1S/C24H26N4O5/c1-15-21(26-14-33-15)22(29)27-19-9-10-28(13-18(19)16-7-5-4-6-8-16)24(30)17-11-20(31-2)23(32-3)25-12-17/h4-8,11-12,14,18-19H,9-10,13H2,1-3H3,(H,27,29)/t18-,19-/m1/s1. The number of aryl methyl sites for hydroxylation is 1. The van der Waals surface area contributed by atoms with E-state index in [2.05, 4.69) is 15.3 Å². The molecular weight excluding hydrogens is 424 g/mol. The van der Waals surface area contributed by atoms with Crippen LogP contribution in [0.2, 0.25) is 0 Å². The van der Waals surface area contributed by atoms with Crippen LogP contribution in [0.3, 0.4) is 0 Å². The van der Waals surface area contributed by atoms with Gasteiger partial charge in [-0.3, -0.25) is 9.59 Å². The molecule has 1 aromatic carbocycles. The minimum atomic E-state index is -0.281. The molecule has 1 aliphatic heterocycles. The third-order valence-corrected chi connectivity index (χ3v) is 5.88. The Bertz CT molecular complexity index is 1130. The van der Waals surface area contributed by atoms with E-state index in [4.69, 9.17) is 13.9 Å². The van der Waals surface area contributed by atoms with E-state index in [1.807, 2.05) is 30.3 Å².